The van der Waals surface area contributed by atoms with Gasteiger partial charge in [0.1, 0.15) is 17.6 Å². The van der Waals surface area contributed by atoms with Gasteiger partial charge in [0.05, 0.1) is 11.0 Å². The van der Waals surface area contributed by atoms with Crippen LogP contribution in [0, 0.1) is 6.92 Å². The van der Waals surface area contributed by atoms with Crippen molar-refractivity contribution in [3.63, 3.8) is 0 Å². The van der Waals surface area contributed by atoms with Gasteiger partial charge in [0.2, 0.25) is 0 Å². The summed E-state index contributed by atoms with van der Waals surface area (Å²) in [4.78, 5) is 10.4. The molecule has 1 N–H and O–H groups in total. The molecule has 8 aromatic rings. The van der Waals surface area contributed by atoms with Crippen molar-refractivity contribution >= 4 is 55.4 Å². The number of aryl methyl sites for hydroxylation is 1. The Morgan fingerprint density at radius 1 is 0.667 bits per heavy atom. The van der Waals surface area contributed by atoms with Crippen LogP contribution in [0.1, 0.15) is 28.4 Å². The van der Waals surface area contributed by atoms with Gasteiger partial charge in [-0.1, -0.05) is 109 Å². The molecule has 5 nitrogen and oxygen atoms in total. The van der Waals surface area contributed by atoms with Crippen LogP contribution in [0.15, 0.2) is 154 Å². The van der Waals surface area contributed by atoms with Crippen LogP contribution in [-0.2, 0) is 0 Å². The highest BCUT2D eigenvalue weighted by molar-refractivity contribution is 6.27. The first-order chi connectivity index (χ1) is 22.2. The number of fused-ring (bicyclic) bond motifs is 7. The average Bonchev–Trinajstić information content (AvgIpc) is 3.65. The van der Waals surface area contributed by atoms with Crippen molar-refractivity contribution in [1.82, 2.24) is 9.88 Å². The predicted molar refractivity (Wildman–Crippen MR) is 185 cm³/mol. The predicted octanol–water partition coefficient (Wildman–Crippen LogP) is 9.49. The topological polar surface area (TPSA) is 54.8 Å². The highest BCUT2D eigenvalue weighted by Crippen LogP contribution is 2.42. The fraction of sp³-hybridized carbons (Fsp3) is 0.0500. The zero-order chi connectivity index (χ0) is 29.9. The van der Waals surface area contributed by atoms with Gasteiger partial charge in [0.25, 0.3) is 0 Å². The number of hydrogen-bond acceptors (Lipinski definition) is 4. The number of furan rings is 1. The number of benzene rings is 6. The van der Waals surface area contributed by atoms with E-state index in [1.165, 1.54) is 5.39 Å². The van der Waals surface area contributed by atoms with Crippen LogP contribution in [0.25, 0.3) is 49.4 Å². The molecule has 0 saturated carbocycles. The van der Waals surface area contributed by atoms with Gasteiger partial charge in [0, 0.05) is 38.4 Å². The first-order valence-corrected chi connectivity index (χ1v) is 15.2. The summed E-state index contributed by atoms with van der Waals surface area (Å²) in [5.41, 5.74) is 9.15. The number of nitrogens with one attached hydrogen (secondary N) is 1. The molecule has 1 atom stereocenters. The highest BCUT2D eigenvalue weighted by Gasteiger charge is 2.26. The molecule has 1 aliphatic heterocycles. The third kappa shape index (κ3) is 4.01. The molecule has 3 heterocycles. The summed E-state index contributed by atoms with van der Waals surface area (Å²) in [5.74, 6) is 1.49. The molecular formula is C40H28N4O. The molecule has 214 valence electrons. The van der Waals surface area contributed by atoms with Crippen LogP contribution in [0.5, 0.6) is 0 Å². The molecular weight excluding hydrogens is 552 g/mol. The van der Waals surface area contributed by atoms with E-state index < -0.39 is 0 Å². The van der Waals surface area contributed by atoms with Gasteiger partial charge in [-0.15, -0.1) is 0 Å². The maximum Gasteiger partial charge on any atom is 0.160 e. The van der Waals surface area contributed by atoms with Crippen molar-refractivity contribution < 1.29 is 4.42 Å². The second-order valence-corrected chi connectivity index (χ2v) is 11.5. The van der Waals surface area contributed by atoms with Crippen LogP contribution in [0.3, 0.4) is 0 Å². The van der Waals surface area contributed by atoms with E-state index in [0.717, 1.165) is 72.1 Å². The number of aliphatic imine (C=N–C) groups is 2. The number of para-hydroxylation sites is 2. The van der Waals surface area contributed by atoms with Crippen molar-refractivity contribution in [3.8, 4) is 5.69 Å². The van der Waals surface area contributed by atoms with E-state index in [2.05, 4.69) is 120 Å². The largest absolute Gasteiger partial charge is 0.454 e. The molecule has 6 aromatic carbocycles. The first kappa shape index (κ1) is 25.5. The lowest BCUT2D eigenvalue weighted by Crippen LogP contribution is -2.33. The third-order valence-corrected chi connectivity index (χ3v) is 8.79. The highest BCUT2D eigenvalue weighted by atomic mass is 16.3. The van der Waals surface area contributed by atoms with Gasteiger partial charge in [-0.3, -0.25) is 0 Å². The van der Waals surface area contributed by atoms with Gasteiger partial charge >= 0.3 is 0 Å². The molecule has 0 saturated heterocycles. The minimum absolute atomic E-state index is 0.283. The van der Waals surface area contributed by atoms with Crippen molar-refractivity contribution in [2.45, 2.75) is 13.1 Å². The Balaban J connectivity index is 1.35. The van der Waals surface area contributed by atoms with Crippen LogP contribution >= 0.6 is 0 Å². The molecule has 0 aliphatic carbocycles. The van der Waals surface area contributed by atoms with E-state index in [0.29, 0.717) is 5.84 Å². The van der Waals surface area contributed by atoms with Crippen molar-refractivity contribution in [3.05, 3.63) is 162 Å². The van der Waals surface area contributed by atoms with E-state index in [4.69, 9.17) is 14.4 Å². The van der Waals surface area contributed by atoms with Gasteiger partial charge < -0.3 is 14.3 Å². The van der Waals surface area contributed by atoms with Gasteiger partial charge in [-0.25, -0.2) is 9.98 Å². The minimum Gasteiger partial charge on any atom is -0.454 e. The lowest BCUT2D eigenvalue weighted by Gasteiger charge is -2.24. The normalized spacial score (nSPS) is 15.0. The summed E-state index contributed by atoms with van der Waals surface area (Å²) in [7, 11) is 0. The van der Waals surface area contributed by atoms with Crippen LogP contribution in [0.2, 0.25) is 0 Å². The monoisotopic (exact) mass is 580 g/mol. The molecule has 9 rings (SSSR count). The Kier molecular flexibility index (Phi) is 5.72. The van der Waals surface area contributed by atoms with Crippen molar-refractivity contribution in [2.75, 3.05) is 0 Å². The lowest BCUT2D eigenvalue weighted by atomic mass is 9.99. The standard InChI is InChI=1S/C40H28N4O/c1-25-21-24-33-35(34(25)40-42-38(26-13-5-2-6-14-26)41-39(43-40)27-15-7-3-8-16-27)31-23-22-30-29-19-11-12-20-32(29)44(36(30)37(31)45-33)28-17-9-4-10-18-28/h2-24,38H,1H3,(H,41,42,43). The Morgan fingerprint density at radius 2 is 1.36 bits per heavy atom. The molecule has 0 bridgehead atoms. The summed E-state index contributed by atoms with van der Waals surface area (Å²) in [6.07, 6.45) is -0.283. The third-order valence-electron chi connectivity index (χ3n) is 8.79. The zero-order valence-electron chi connectivity index (χ0n) is 24.6. The van der Waals surface area contributed by atoms with Crippen LogP contribution < -0.4 is 5.32 Å². The van der Waals surface area contributed by atoms with E-state index in [-0.39, 0.29) is 6.17 Å². The summed E-state index contributed by atoms with van der Waals surface area (Å²) < 4.78 is 9.15. The number of hydrogen-bond donors (Lipinski definition) is 1. The fourth-order valence-corrected chi connectivity index (χ4v) is 6.72. The molecule has 45 heavy (non-hydrogen) atoms. The Bertz CT molecular complexity index is 2450. The molecule has 0 fully saturated rings. The number of aromatic nitrogens is 1. The lowest BCUT2D eigenvalue weighted by molar-refractivity contribution is 0.670. The van der Waals surface area contributed by atoms with Crippen molar-refractivity contribution in [1.29, 1.82) is 0 Å². The second-order valence-electron chi connectivity index (χ2n) is 11.5. The Labute approximate surface area is 259 Å². The van der Waals surface area contributed by atoms with Gasteiger partial charge in [-0.2, -0.15) is 0 Å². The molecule has 0 spiro atoms. The van der Waals surface area contributed by atoms with E-state index in [1.54, 1.807) is 0 Å². The number of amidine groups is 2. The molecule has 1 unspecified atom stereocenters. The SMILES string of the molecule is Cc1ccc2oc3c(ccc4c5ccccc5n(-c5ccccc5)c43)c2c1C1=NC(c2ccccc2)NC(c2ccccc2)=N1. The average molecular weight is 581 g/mol. The molecule has 1 aliphatic rings. The number of nitrogens with zero attached hydrogens (tertiary/aromatic N) is 3. The zero-order valence-corrected chi connectivity index (χ0v) is 24.6. The minimum atomic E-state index is -0.283. The summed E-state index contributed by atoms with van der Waals surface area (Å²) in [6.45, 7) is 2.13. The summed E-state index contributed by atoms with van der Waals surface area (Å²) >= 11 is 0. The molecule has 0 amide bonds. The summed E-state index contributed by atoms with van der Waals surface area (Å²) in [5, 5.41) is 8.01. The molecule has 0 radical (unpaired) electrons. The summed E-state index contributed by atoms with van der Waals surface area (Å²) in [6, 6.07) is 48.3. The van der Waals surface area contributed by atoms with Crippen molar-refractivity contribution in [2.24, 2.45) is 9.98 Å². The Morgan fingerprint density at radius 3 is 2.16 bits per heavy atom. The van der Waals surface area contributed by atoms with E-state index in [1.807, 2.05) is 36.4 Å². The quantitative estimate of drug-likeness (QED) is 0.225. The van der Waals surface area contributed by atoms with Gasteiger partial charge in [0.15, 0.2) is 11.4 Å². The van der Waals surface area contributed by atoms with E-state index in [9.17, 15) is 0 Å². The van der Waals surface area contributed by atoms with Crippen LogP contribution in [-0.4, -0.2) is 16.2 Å². The van der Waals surface area contributed by atoms with Gasteiger partial charge in [-0.05, 0) is 48.4 Å². The Hall–Kier alpha value is -5.94. The molecule has 2 aromatic heterocycles. The maximum absolute atomic E-state index is 6.83. The number of rotatable bonds is 4. The smallest absolute Gasteiger partial charge is 0.160 e. The molecule has 5 heteroatoms. The maximum atomic E-state index is 6.83. The first-order valence-electron chi connectivity index (χ1n) is 15.2. The van der Waals surface area contributed by atoms with E-state index >= 15 is 0 Å². The fourth-order valence-electron chi connectivity index (χ4n) is 6.72. The van der Waals surface area contributed by atoms with Crippen LogP contribution in [0.4, 0.5) is 0 Å². The second kappa shape index (κ2) is 10.1.